The maximum Gasteiger partial charge on any atom is 0.162 e. The molecule has 2 heterocycles. The van der Waals surface area contributed by atoms with Crippen LogP contribution >= 0.6 is 0 Å². The summed E-state index contributed by atoms with van der Waals surface area (Å²) in [7, 11) is 5.35. The second-order valence-corrected chi connectivity index (χ2v) is 4.16. The van der Waals surface area contributed by atoms with Gasteiger partial charge in [0, 0.05) is 14.1 Å². The Morgan fingerprint density at radius 3 is 2.61 bits per heavy atom. The lowest BCUT2D eigenvalue weighted by Crippen LogP contribution is -2.32. The molecule has 0 aliphatic carbocycles. The van der Waals surface area contributed by atoms with E-state index in [0.717, 1.165) is 17.1 Å². The number of nitrogens with zero attached hydrogens (tertiary/aromatic N) is 4. The molecule has 0 bridgehead atoms. The molecular weight excluding hydrogens is 232 g/mol. The molecule has 1 atom stereocenters. The Kier molecular flexibility index (Phi) is 3.35. The van der Waals surface area contributed by atoms with Gasteiger partial charge >= 0.3 is 0 Å². The highest BCUT2D eigenvalue weighted by Crippen LogP contribution is 2.28. The number of aryl methyl sites for hydroxylation is 3. The number of hydrogen-bond acceptors (Lipinski definition) is 5. The van der Waals surface area contributed by atoms with Crippen molar-refractivity contribution in [3.05, 3.63) is 29.3 Å². The van der Waals surface area contributed by atoms with E-state index in [2.05, 4.69) is 15.6 Å². The molecule has 0 spiro atoms. The van der Waals surface area contributed by atoms with Crippen LogP contribution in [0.1, 0.15) is 23.1 Å². The predicted molar refractivity (Wildman–Crippen MR) is 66.9 cm³/mol. The molecule has 18 heavy (non-hydrogen) atoms. The Balaban J connectivity index is 2.51. The van der Waals surface area contributed by atoms with Crippen molar-refractivity contribution in [3.63, 3.8) is 0 Å². The van der Waals surface area contributed by atoms with Crippen LogP contribution in [0.25, 0.3) is 0 Å². The predicted octanol–water partition coefficient (Wildman–Crippen LogP) is 0.0233. The van der Waals surface area contributed by atoms with Gasteiger partial charge in [-0.05, 0) is 13.0 Å². The van der Waals surface area contributed by atoms with E-state index in [1.165, 1.54) is 0 Å². The molecule has 0 aromatic carbocycles. The summed E-state index contributed by atoms with van der Waals surface area (Å²) in [5.41, 5.74) is 5.55. The standard InChI is InChI=1S/C11H18N6O/c1-7-5-8(16(2)15-7)10(14-12)11-9(18-4)6-13-17(11)3/h5-6,10,14H,12H2,1-4H3. The summed E-state index contributed by atoms with van der Waals surface area (Å²) < 4.78 is 8.85. The zero-order valence-corrected chi connectivity index (χ0v) is 11.0. The van der Waals surface area contributed by atoms with Gasteiger partial charge in [0.15, 0.2) is 5.75 Å². The van der Waals surface area contributed by atoms with E-state index in [9.17, 15) is 0 Å². The smallest absolute Gasteiger partial charge is 0.162 e. The van der Waals surface area contributed by atoms with Gasteiger partial charge in [0.2, 0.25) is 0 Å². The highest BCUT2D eigenvalue weighted by Gasteiger charge is 2.24. The molecule has 0 fully saturated rings. The van der Waals surface area contributed by atoms with Gasteiger partial charge < -0.3 is 4.74 Å². The van der Waals surface area contributed by atoms with Crippen LogP contribution in [0.2, 0.25) is 0 Å². The third-order valence-electron chi connectivity index (χ3n) is 2.94. The first kappa shape index (κ1) is 12.6. The van der Waals surface area contributed by atoms with E-state index in [4.69, 9.17) is 10.6 Å². The van der Waals surface area contributed by atoms with Crippen molar-refractivity contribution >= 4 is 0 Å². The number of aromatic nitrogens is 4. The highest BCUT2D eigenvalue weighted by molar-refractivity contribution is 5.34. The molecule has 2 aromatic rings. The van der Waals surface area contributed by atoms with Gasteiger partial charge in [-0.2, -0.15) is 10.2 Å². The first-order valence-electron chi connectivity index (χ1n) is 5.61. The van der Waals surface area contributed by atoms with Gasteiger partial charge in [-0.1, -0.05) is 0 Å². The molecule has 98 valence electrons. The van der Waals surface area contributed by atoms with Crippen LogP contribution in [0.3, 0.4) is 0 Å². The summed E-state index contributed by atoms with van der Waals surface area (Å²) in [6.45, 7) is 1.94. The Hall–Kier alpha value is -1.86. The highest BCUT2D eigenvalue weighted by atomic mass is 16.5. The molecule has 0 radical (unpaired) electrons. The topological polar surface area (TPSA) is 82.9 Å². The van der Waals surface area contributed by atoms with Crippen molar-refractivity contribution in [3.8, 4) is 5.75 Å². The number of hydrogen-bond donors (Lipinski definition) is 2. The van der Waals surface area contributed by atoms with Crippen LogP contribution < -0.4 is 16.0 Å². The zero-order valence-electron chi connectivity index (χ0n) is 11.0. The molecule has 3 N–H and O–H groups in total. The van der Waals surface area contributed by atoms with Crippen LogP contribution in [-0.2, 0) is 14.1 Å². The Bertz CT molecular complexity index is 544. The largest absolute Gasteiger partial charge is 0.493 e. The number of ether oxygens (including phenoxy) is 1. The van der Waals surface area contributed by atoms with Crippen LogP contribution in [-0.4, -0.2) is 26.7 Å². The van der Waals surface area contributed by atoms with Gasteiger partial charge in [-0.15, -0.1) is 0 Å². The fraction of sp³-hybridized carbons (Fsp3) is 0.455. The van der Waals surface area contributed by atoms with Gasteiger partial charge in [0.1, 0.15) is 11.7 Å². The minimum Gasteiger partial charge on any atom is -0.493 e. The molecule has 0 saturated heterocycles. The first-order valence-corrected chi connectivity index (χ1v) is 5.61. The monoisotopic (exact) mass is 250 g/mol. The molecule has 0 aliphatic rings. The average Bonchev–Trinajstić information content (AvgIpc) is 2.85. The fourth-order valence-electron chi connectivity index (χ4n) is 2.12. The van der Waals surface area contributed by atoms with E-state index in [-0.39, 0.29) is 6.04 Å². The van der Waals surface area contributed by atoms with Crippen molar-refractivity contribution in [2.24, 2.45) is 19.9 Å². The van der Waals surface area contributed by atoms with Crippen molar-refractivity contribution in [2.45, 2.75) is 13.0 Å². The molecule has 0 amide bonds. The zero-order chi connectivity index (χ0) is 13.3. The Morgan fingerprint density at radius 2 is 2.11 bits per heavy atom. The summed E-state index contributed by atoms with van der Waals surface area (Å²) in [5.74, 6) is 6.37. The van der Waals surface area contributed by atoms with Crippen LogP contribution in [0.4, 0.5) is 0 Å². The molecule has 1 unspecified atom stereocenters. The van der Waals surface area contributed by atoms with Crippen LogP contribution in [0.15, 0.2) is 12.3 Å². The number of hydrazine groups is 1. The molecule has 7 nitrogen and oxygen atoms in total. The van der Waals surface area contributed by atoms with Gasteiger partial charge in [-0.3, -0.25) is 15.2 Å². The van der Waals surface area contributed by atoms with E-state index < -0.39 is 0 Å². The fourth-order valence-corrected chi connectivity index (χ4v) is 2.12. The van der Waals surface area contributed by atoms with Crippen molar-refractivity contribution < 1.29 is 4.74 Å². The quantitative estimate of drug-likeness (QED) is 0.590. The maximum atomic E-state index is 5.68. The lowest BCUT2D eigenvalue weighted by Gasteiger charge is -2.17. The molecule has 2 aromatic heterocycles. The number of methoxy groups -OCH3 is 1. The van der Waals surface area contributed by atoms with E-state index >= 15 is 0 Å². The molecule has 2 rings (SSSR count). The molecule has 0 saturated carbocycles. The van der Waals surface area contributed by atoms with Gasteiger partial charge in [0.05, 0.1) is 24.7 Å². The number of nitrogens with two attached hydrogens (primary N) is 1. The molecule has 7 heteroatoms. The Morgan fingerprint density at radius 1 is 1.39 bits per heavy atom. The third kappa shape index (κ3) is 1.98. The van der Waals surface area contributed by atoms with E-state index in [1.807, 2.05) is 27.1 Å². The van der Waals surface area contributed by atoms with Crippen molar-refractivity contribution in [1.82, 2.24) is 25.0 Å². The summed E-state index contributed by atoms with van der Waals surface area (Å²) in [6.07, 6.45) is 1.67. The number of nitrogens with one attached hydrogen (secondary N) is 1. The minimum absolute atomic E-state index is 0.223. The Labute approximate surface area is 106 Å². The maximum absolute atomic E-state index is 5.68. The van der Waals surface area contributed by atoms with Crippen molar-refractivity contribution in [1.29, 1.82) is 0 Å². The number of rotatable bonds is 4. The summed E-state index contributed by atoms with van der Waals surface area (Å²) in [6, 6.07) is 1.76. The molecular formula is C11H18N6O. The second kappa shape index (κ2) is 4.79. The summed E-state index contributed by atoms with van der Waals surface area (Å²) in [5, 5.41) is 8.51. The lowest BCUT2D eigenvalue weighted by molar-refractivity contribution is 0.399. The van der Waals surface area contributed by atoms with E-state index in [1.54, 1.807) is 22.7 Å². The summed E-state index contributed by atoms with van der Waals surface area (Å²) in [4.78, 5) is 0. The normalized spacial score (nSPS) is 12.7. The minimum atomic E-state index is -0.223. The molecule has 0 aliphatic heterocycles. The SMILES string of the molecule is COc1cnn(C)c1C(NN)c1cc(C)nn1C. The van der Waals surface area contributed by atoms with Crippen LogP contribution in [0.5, 0.6) is 5.75 Å². The van der Waals surface area contributed by atoms with Gasteiger partial charge in [0.25, 0.3) is 0 Å². The van der Waals surface area contributed by atoms with Gasteiger partial charge in [-0.25, -0.2) is 5.43 Å². The lowest BCUT2D eigenvalue weighted by atomic mass is 10.1. The summed E-state index contributed by atoms with van der Waals surface area (Å²) >= 11 is 0. The first-order chi connectivity index (χ1) is 8.58. The van der Waals surface area contributed by atoms with Crippen LogP contribution in [0, 0.1) is 6.92 Å². The average molecular weight is 250 g/mol. The van der Waals surface area contributed by atoms with Crippen molar-refractivity contribution in [2.75, 3.05) is 7.11 Å². The van der Waals surface area contributed by atoms with E-state index in [0.29, 0.717) is 5.75 Å². The third-order valence-corrected chi connectivity index (χ3v) is 2.94. The second-order valence-electron chi connectivity index (χ2n) is 4.16.